The Bertz CT molecular complexity index is 998. The number of phenols is 1. The van der Waals surface area contributed by atoms with E-state index in [2.05, 4.69) is 10.2 Å². The molecule has 132 valence electrons. The van der Waals surface area contributed by atoms with Crippen molar-refractivity contribution in [1.29, 1.82) is 0 Å². The molecule has 1 aromatic heterocycles. The van der Waals surface area contributed by atoms with E-state index in [-0.39, 0.29) is 11.6 Å². The quantitative estimate of drug-likeness (QED) is 0.733. The van der Waals surface area contributed by atoms with Crippen molar-refractivity contribution in [1.82, 2.24) is 14.8 Å². The highest BCUT2D eigenvalue weighted by Crippen LogP contribution is 2.42. The van der Waals surface area contributed by atoms with Crippen LogP contribution in [-0.2, 0) is 6.42 Å². The molecule has 26 heavy (non-hydrogen) atoms. The monoisotopic (exact) mass is 368 g/mol. The van der Waals surface area contributed by atoms with Crippen LogP contribution in [0, 0.1) is 0 Å². The summed E-state index contributed by atoms with van der Waals surface area (Å²) in [6.07, 6.45) is 0.791. The van der Waals surface area contributed by atoms with E-state index in [9.17, 15) is 9.90 Å². The van der Waals surface area contributed by atoms with Crippen molar-refractivity contribution >= 4 is 17.7 Å². The van der Waals surface area contributed by atoms with E-state index in [1.54, 1.807) is 53.8 Å². The molecule has 2 heterocycles. The third-order valence-corrected chi connectivity index (χ3v) is 5.41. The number of hydrogen-bond donors (Lipinski definition) is 2. The van der Waals surface area contributed by atoms with Crippen LogP contribution in [0.25, 0.3) is 17.1 Å². The number of carbonyl (C=O) groups is 1. The number of carbonyl (C=O) groups excluding carboxylic acids is 1. The lowest BCUT2D eigenvalue weighted by molar-refractivity contribution is 0.0988. The van der Waals surface area contributed by atoms with Crippen LogP contribution in [0.15, 0.2) is 41.3 Å². The maximum absolute atomic E-state index is 11.8. The zero-order valence-corrected chi connectivity index (χ0v) is 14.8. The molecule has 1 amide bonds. The van der Waals surface area contributed by atoms with Crippen LogP contribution in [0.5, 0.6) is 11.5 Å². The molecular formula is C18H16N4O3S. The van der Waals surface area contributed by atoms with Gasteiger partial charge in [-0.05, 0) is 42.8 Å². The summed E-state index contributed by atoms with van der Waals surface area (Å²) in [5.41, 5.74) is 7.54. The van der Waals surface area contributed by atoms with Crippen molar-refractivity contribution in [3.05, 3.63) is 47.8 Å². The van der Waals surface area contributed by atoms with Gasteiger partial charge in [-0.25, -0.2) is 0 Å². The molecule has 7 nitrogen and oxygen atoms in total. The van der Waals surface area contributed by atoms with Crippen molar-refractivity contribution in [2.75, 3.05) is 12.9 Å². The minimum absolute atomic E-state index is 0.000518. The van der Waals surface area contributed by atoms with E-state index >= 15 is 0 Å². The van der Waals surface area contributed by atoms with Gasteiger partial charge in [-0.3, -0.25) is 9.36 Å². The number of ether oxygens (including phenoxy) is 1. The lowest BCUT2D eigenvalue weighted by Gasteiger charge is -2.12. The van der Waals surface area contributed by atoms with E-state index in [1.165, 1.54) is 0 Å². The van der Waals surface area contributed by atoms with Crippen LogP contribution < -0.4 is 10.5 Å². The van der Waals surface area contributed by atoms with E-state index < -0.39 is 5.91 Å². The molecule has 0 saturated heterocycles. The molecule has 3 aromatic rings. The smallest absolute Gasteiger partial charge is 0.287 e. The van der Waals surface area contributed by atoms with Gasteiger partial charge in [0.25, 0.3) is 5.91 Å². The molecule has 3 N–H and O–H groups in total. The van der Waals surface area contributed by atoms with Crippen molar-refractivity contribution in [2.45, 2.75) is 11.3 Å². The summed E-state index contributed by atoms with van der Waals surface area (Å²) < 4.78 is 6.72. The van der Waals surface area contributed by atoms with Gasteiger partial charge < -0.3 is 15.6 Å². The molecule has 0 saturated carbocycles. The number of aromatic hydroxyl groups is 1. The van der Waals surface area contributed by atoms with E-state index in [0.717, 1.165) is 22.6 Å². The molecule has 0 unspecified atom stereocenters. The molecule has 4 rings (SSSR count). The van der Waals surface area contributed by atoms with Crippen LogP contribution in [0.4, 0.5) is 0 Å². The van der Waals surface area contributed by atoms with Crippen molar-refractivity contribution in [2.24, 2.45) is 5.73 Å². The minimum atomic E-state index is -0.698. The predicted molar refractivity (Wildman–Crippen MR) is 98.0 cm³/mol. The Hall–Kier alpha value is -3.00. The van der Waals surface area contributed by atoms with Gasteiger partial charge in [0.05, 0.1) is 12.7 Å². The number of fused-ring (bicyclic) bond motifs is 1. The summed E-state index contributed by atoms with van der Waals surface area (Å²) in [6, 6.07) is 10.8. The Morgan fingerprint density at radius 2 is 2.00 bits per heavy atom. The van der Waals surface area contributed by atoms with Gasteiger partial charge in [-0.2, -0.15) is 0 Å². The topological polar surface area (TPSA) is 103 Å². The number of thioether (sulfide) groups is 1. The third kappa shape index (κ3) is 2.59. The molecule has 0 bridgehead atoms. The number of methoxy groups -OCH3 is 1. The van der Waals surface area contributed by atoms with Crippen LogP contribution in [0.3, 0.4) is 0 Å². The highest BCUT2D eigenvalue weighted by molar-refractivity contribution is 7.99. The third-order valence-electron chi connectivity index (χ3n) is 4.30. The van der Waals surface area contributed by atoms with Gasteiger partial charge in [0, 0.05) is 21.9 Å². The Balaban J connectivity index is 1.91. The van der Waals surface area contributed by atoms with Crippen LogP contribution >= 0.6 is 11.8 Å². The van der Waals surface area contributed by atoms with Gasteiger partial charge in [-0.15, -0.1) is 22.0 Å². The first kappa shape index (κ1) is 16.5. The van der Waals surface area contributed by atoms with Gasteiger partial charge >= 0.3 is 0 Å². The normalized spacial score (nSPS) is 12.8. The Morgan fingerprint density at radius 3 is 2.69 bits per heavy atom. The molecule has 1 aliphatic heterocycles. The predicted octanol–water partition coefficient (Wildman–Crippen LogP) is 2.40. The van der Waals surface area contributed by atoms with Crippen LogP contribution in [0.2, 0.25) is 0 Å². The maximum Gasteiger partial charge on any atom is 0.287 e. The summed E-state index contributed by atoms with van der Waals surface area (Å²) >= 11 is 1.71. The number of amides is 1. The number of phenolic OH excluding ortho intramolecular Hbond substituents is 1. The average Bonchev–Trinajstić information content (AvgIpc) is 3.29. The molecule has 0 spiro atoms. The molecule has 0 atom stereocenters. The molecular weight excluding hydrogens is 352 g/mol. The zero-order chi connectivity index (χ0) is 18.3. The number of nitrogens with two attached hydrogens (primary N) is 1. The Morgan fingerprint density at radius 1 is 1.23 bits per heavy atom. The molecule has 2 aromatic carbocycles. The van der Waals surface area contributed by atoms with E-state index in [1.807, 2.05) is 6.07 Å². The first-order valence-electron chi connectivity index (χ1n) is 7.98. The molecule has 8 heteroatoms. The lowest BCUT2D eigenvalue weighted by atomic mass is 10.1. The van der Waals surface area contributed by atoms with Gasteiger partial charge in [0.2, 0.25) is 5.82 Å². The minimum Gasteiger partial charge on any atom is -0.507 e. The first-order valence-corrected chi connectivity index (χ1v) is 8.96. The Kier molecular flexibility index (Phi) is 4.04. The number of hydrogen-bond acceptors (Lipinski definition) is 6. The SMILES string of the molecule is COc1ccc(-n2c(C(N)=O)nnc2-c2ccc3c(c2O)CCS3)cc1. The fourth-order valence-electron chi connectivity index (χ4n) is 3.03. The number of nitrogens with zero attached hydrogens (tertiary/aromatic N) is 3. The summed E-state index contributed by atoms with van der Waals surface area (Å²) in [5.74, 6) is 1.45. The molecule has 0 aliphatic carbocycles. The second kappa shape index (κ2) is 6.38. The molecule has 0 fully saturated rings. The van der Waals surface area contributed by atoms with Gasteiger partial charge in [0.15, 0.2) is 5.82 Å². The van der Waals surface area contributed by atoms with E-state index in [4.69, 9.17) is 10.5 Å². The van der Waals surface area contributed by atoms with Gasteiger partial charge in [-0.1, -0.05) is 0 Å². The summed E-state index contributed by atoms with van der Waals surface area (Å²) in [6.45, 7) is 0. The zero-order valence-electron chi connectivity index (χ0n) is 14.0. The fraction of sp³-hybridized carbons (Fsp3) is 0.167. The van der Waals surface area contributed by atoms with Crippen molar-refractivity contribution in [3.8, 4) is 28.6 Å². The number of rotatable bonds is 4. The van der Waals surface area contributed by atoms with E-state index in [0.29, 0.717) is 22.8 Å². The summed E-state index contributed by atoms with van der Waals surface area (Å²) in [7, 11) is 1.58. The molecule has 1 aliphatic rings. The molecule has 0 radical (unpaired) electrons. The van der Waals surface area contributed by atoms with Crippen LogP contribution in [-0.4, -0.2) is 38.6 Å². The second-order valence-corrected chi connectivity index (χ2v) is 6.92. The lowest BCUT2D eigenvalue weighted by Crippen LogP contribution is -2.17. The number of aromatic nitrogens is 3. The van der Waals surface area contributed by atoms with Gasteiger partial charge in [0.1, 0.15) is 11.5 Å². The summed E-state index contributed by atoms with van der Waals surface area (Å²) in [4.78, 5) is 12.9. The standard InChI is InChI=1S/C18H16N4O3S/c1-25-11-4-2-10(3-5-11)22-17(20-21-18(22)16(19)24)13-6-7-14-12(15(13)23)8-9-26-14/h2-7,23H,8-9H2,1H3,(H2,19,24). The number of benzene rings is 2. The van der Waals surface area contributed by atoms with Crippen molar-refractivity contribution < 1.29 is 14.6 Å². The van der Waals surface area contributed by atoms with Crippen LogP contribution in [0.1, 0.15) is 16.2 Å². The fourth-order valence-corrected chi connectivity index (χ4v) is 4.10. The number of primary amides is 1. The average molecular weight is 368 g/mol. The largest absolute Gasteiger partial charge is 0.507 e. The summed E-state index contributed by atoms with van der Waals surface area (Å²) in [5, 5.41) is 18.8. The highest BCUT2D eigenvalue weighted by atomic mass is 32.2. The van der Waals surface area contributed by atoms with Crippen molar-refractivity contribution in [3.63, 3.8) is 0 Å². The maximum atomic E-state index is 11.8. The second-order valence-electron chi connectivity index (χ2n) is 5.78. The highest BCUT2D eigenvalue weighted by Gasteiger charge is 2.25. The Labute approximate surface area is 153 Å². The first-order chi connectivity index (χ1) is 12.6.